The standard InChI is InChI=1S/C16H14N2O3/c1-12-6-8-13(9-7-12)10-11-16(19)17-14-4-2-3-5-15(14)18(20)21/h2-11H,1H3,(H,17,19). The van der Waals surface area contributed by atoms with Gasteiger partial charge >= 0.3 is 0 Å². The van der Waals surface area contributed by atoms with E-state index in [9.17, 15) is 14.9 Å². The maximum Gasteiger partial charge on any atom is 0.292 e. The van der Waals surface area contributed by atoms with Crippen LogP contribution in [0.4, 0.5) is 11.4 Å². The number of nitro benzene ring substituents is 1. The van der Waals surface area contributed by atoms with Crippen LogP contribution in [-0.4, -0.2) is 10.8 Å². The summed E-state index contributed by atoms with van der Waals surface area (Å²) >= 11 is 0. The molecule has 0 aliphatic carbocycles. The molecule has 0 unspecified atom stereocenters. The zero-order valence-electron chi connectivity index (χ0n) is 11.4. The van der Waals surface area contributed by atoms with E-state index in [1.54, 1.807) is 18.2 Å². The minimum absolute atomic E-state index is 0.130. The number of amides is 1. The molecule has 0 saturated carbocycles. The van der Waals surface area contributed by atoms with Crippen LogP contribution < -0.4 is 5.32 Å². The van der Waals surface area contributed by atoms with Crippen molar-refractivity contribution in [1.29, 1.82) is 0 Å². The zero-order valence-corrected chi connectivity index (χ0v) is 11.4. The van der Waals surface area contributed by atoms with Crippen molar-refractivity contribution in [2.45, 2.75) is 6.92 Å². The van der Waals surface area contributed by atoms with Crippen molar-refractivity contribution in [2.24, 2.45) is 0 Å². The van der Waals surface area contributed by atoms with Crippen molar-refractivity contribution in [2.75, 3.05) is 5.32 Å². The summed E-state index contributed by atoms with van der Waals surface area (Å²) < 4.78 is 0. The molecule has 0 atom stereocenters. The molecule has 2 aromatic carbocycles. The van der Waals surface area contributed by atoms with Gasteiger partial charge in [0.15, 0.2) is 0 Å². The second-order valence-electron chi connectivity index (χ2n) is 4.51. The van der Waals surface area contributed by atoms with Gasteiger partial charge in [0.05, 0.1) is 4.92 Å². The Morgan fingerprint density at radius 3 is 2.48 bits per heavy atom. The van der Waals surface area contributed by atoms with E-state index in [0.717, 1.165) is 11.1 Å². The Labute approximate surface area is 122 Å². The van der Waals surface area contributed by atoms with E-state index in [1.807, 2.05) is 31.2 Å². The first-order valence-corrected chi connectivity index (χ1v) is 6.35. The van der Waals surface area contributed by atoms with Crippen molar-refractivity contribution >= 4 is 23.4 Å². The number of carbonyl (C=O) groups is 1. The van der Waals surface area contributed by atoms with Gasteiger partial charge in [0.2, 0.25) is 5.91 Å². The molecule has 2 rings (SSSR count). The third kappa shape index (κ3) is 4.01. The number of nitrogens with one attached hydrogen (secondary N) is 1. The van der Waals surface area contributed by atoms with Crippen molar-refractivity contribution in [3.8, 4) is 0 Å². The van der Waals surface area contributed by atoms with E-state index in [0.29, 0.717) is 0 Å². The van der Waals surface area contributed by atoms with Gasteiger partial charge in [0.25, 0.3) is 5.69 Å². The zero-order chi connectivity index (χ0) is 15.2. The van der Waals surface area contributed by atoms with Gasteiger partial charge in [-0.25, -0.2) is 0 Å². The SMILES string of the molecule is Cc1ccc(C=CC(=O)Nc2ccccc2[N+](=O)[O-])cc1. The lowest BCUT2D eigenvalue weighted by atomic mass is 10.1. The molecular weight excluding hydrogens is 268 g/mol. The number of nitrogens with zero attached hydrogens (tertiary/aromatic N) is 1. The van der Waals surface area contributed by atoms with Crippen LogP contribution >= 0.6 is 0 Å². The van der Waals surface area contributed by atoms with Gasteiger partial charge in [-0.05, 0) is 24.6 Å². The highest BCUT2D eigenvalue weighted by Crippen LogP contribution is 2.23. The molecule has 21 heavy (non-hydrogen) atoms. The molecule has 0 aliphatic rings. The monoisotopic (exact) mass is 282 g/mol. The lowest BCUT2D eigenvalue weighted by Crippen LogP contribution is -2.09. The van der Waals surface area contributed by atoms with Gasteiger partial charge in [-0.1, -0.05) is 42.0 Å². The molecule has 2 aromatic rings. The molecule has 0 saturated heterocycles. The predicted molar refractivity (Wildman–Crippen MR) is 81.9 cm³/mol. The summed E-state index contributed by atoms with van der Waals surface area (Å²) in [6.45, 7) is 1.98. The fourth-order valence-corrected chi connectivity index (χ4v) is 1.76. The fraction of sp³-hybridized carbons (Fsp3) is 0.0625. The first-order chi connectivity index (χ1) is 10.1. The Hall–Kier alpha value is -2.95. The normalized spacial score (nSPS) is 10.5. The highest BCUT2D eigenvalue weighted by atomic mass is 16.6. The summed E-state index contributed by atoms with van der Waals surface area (Å²) in [6.07, 6.45) is 3.00. The maximum atomic E-state index is 11.8. The number of hydrogen-bond acceptors (Lipinski definition) is 3. The lowest BCUT2D eigenvalue weighted by molar-refractivity contribution is -0.383. The highest BCUT2D eigenvalue weighted by Gasteiger charge is 2.13. The fourth-order valence-electron chi connectivity index (χ4n) is 1.76. The van der Waals surface area contributed by atoms with Crippen LogP contribution in [0, 0.1) is 17.0 Å². The van der Waals surface area contributed by atoms with Crippen molar-refractivity contribution in [3.05, 3.63) is 75.8 Å². The second-order valence-corrected chi connectivity index (χ2v) is 4.51. The molecule has 5 nitrogen and oxygen atoms in total. The average molecular weight is 282 g/mol. The Kier molecular flexibility index (Phi) is 4.46. The molecule has 0 spiro atoms. The first kappa shape index (κ1) is 14.5. The number of hydrogen-bond donors (Lipinski definition) is 1. The van der Waals surface area contributed by atoms with Crippen LogP contribution in [-0.2, 0) is 4.79 Å². The van der Waals surface area contributed by atoms with Gasteiger partial charge in [0.1, 0.15) is 5.69 Å². The number of anilines is 1. The van der Waals surface area contributed by atoms with Crippen molar-refractivity contribution < 1.29 is 9.72 Å². The number of aryl methyl sites for hydroxylation is 1. The highest BCUT2D eigenvalue weighted by molar-refractivity contribution is 6.03. The summed E-state index contributed by atoms with van der Waals surface area (Å²) in [6, 6.07) is 13.7. The average Bonchev–Trinajstić information content (AvgIpc) is 2.47. The van der Waals surface area contributed by atoms with Gasteiger partial charge < -0.3 is 5.32 Å². The molecular formula is C16H14N2O3. The Bertz CT molecular complexity index is 691. The maximum absolute atomic E-state index is 11.8. The molecule has 0 aliphatic heterocycles. The van der Waals surface area contributed by atoms with Crippen LogP contribution in [0.25, 0.3) is 6.08 Å². The van der Waals surface area contributed by atoms with Crippen molar-refractivity contribution in [3.63, 3.8) is 0 Å². The van der Waals surface area contributed by atoms with Gasteiger partial charge in [-0.3, -0.25) is 14.9 Å². The molecule has 1 amide bonds. The summed E-state index contributed by atoms with van der Waals surface area (Å²) in [5.74, 6) is -0.412. The number of rotatable bonds is 4. The molecule has 0 radical (unpaired) electrons. The van der Waals surface area contributed by atoms with Crippen molar-refractivity contribution in [1.82, 2.24) is 0 Å². The van der Waals surface area contributed by atoms with E-state index in [2.05, 4.69) is 5.32 Å². The molecule has 0 heterocycles. The van der Waals surface area contributed by atoms with E-state index < -0.39 is 10.8 Å². The second kappa shape index (κ2) is 6.47. The van der Waals surface area contributed by atoms with Gasteiger partial charge in [-0.15, -0.1) is 0 Å². The molecule has 0 bridgehead atoms. The van der Waals surface area contributed by atoms with Crippen LogP contribution in [0.1, 0.15) is 11.1 Å². The quantitative estimate of drug-likeness (QED) is 0.529. The first-order valence-electron chi connectivity index (χ1n) is 6.35. The molecule has 0 aromatic heterocycles. The molecule has 106 valence electrons. The predicted octanol–water partition coefficient (Wildman–Crippen LogP) is 3.56. The largest absolute Gasteiger partial charge is 0.317 e. The third-order valence-corrected chi connectivity index (χ3v) is 2.86. The minimum atomic E-state index is -0.528. The smallest absolute Gasteiger partial charge is 0.292 e. The Morgan fingerprint density at radius 1 is 1.14 bits per heavy atom. The number of nitro groups is 1. The summed E-state index contributed by atoms with van der Waals surface area (Å²) in [5, 5.41) is 13.4. The van der Waals surface area contributed by atoms with Gasteiger partial charge in [-0.2, -0.15) is 0 Å². The van der Waals surface area contributed by atoms with Crippen LogP contribution in [0.15, 0.2) is 54.6 Å². The van der Waals surface area contributed by atoms with Crippen LogP contribution in [0.2, 0.25) is 0 Å². The summed E-state index contributed by atoms with van der Waals surface area (Å²) in [7, 11) is 0. The number of carbonyl (C=O) groups excluding carboxylic acids is 1. The Morgan fingerprint density at radius 2 is 1.81 bits per heavy atom. The minimum Gasteiger partial charge on any atom is -0.317 e. The molecule has 5 heteroatoms. The third-order valence-electron chi connectivity index (χ3n) is 2.86. The van der Waals surface area contributed by atoms with E-state index in [4.69, 9.17) is 0 Å². The summed E-state index contributed by atoms with van der Waals surface area (Å²) in [4.78, 5) is 22.1. The molecule has 0 fully saturated rings. The van der Waals surface area contributed by atoms with Gasteiger partial charge in [0, 0.05) is 12.1 Å². The van der Waals surface area contributed by atoms with E-state index in [-0.39, 0.29) is 11.4 Å². The number of benzene rings is 2. The lowest BCUT2D eigenvalue weighted by Gasteiger charge is -2.02. The molecule has 1 N–H and O–H groups in total. The summed E-state index contributed by atoms with van der Waals surface area (Å²) in [5.41, 5.74) is 2.07. The Balaban J connectivity index is 2.08. The van der Waals surface area contributed by atoms with Crippen LogP contribution in [0.3, 0.4) is 0 Å². The van der Waals surface area contributed by atoms with E-state index >= 15 is 0 Å². The topological polar surface area (TPSA) is 72.2 Å². The van der Waals surface area contributed by atoms with E-state index in [1.165, 1.54) is 18.2 Å². The number of para-hydroxylation sites is 2. The van der Waals surface area contributed by atoms with Crippen LogP contribution in [0.5, 0.6) is 0 Å².